The van der Waals surface area contributed by atoms with Crippen molar-refractivity contribution in [1.29, 1.82) is 0 Å². The van der Waals surface area contributed by atoms with Crippen LogP contribution in [0.1, 0.15) is 38.7 Å². The van der Waals surface area contributed by atoms with Gasteiger partial charge in [-0.3, -0.25) is 9.79 Å². The second-order valence-corrected chi connectivity index (χ2v) is 6.83. The third kappa shape index (κ3) is 7.85. The molecule has 0 unspecified atom stereocenters. The van der Waals surface area contributed by atoms with Crippen molar-refractivity contribution in [1.82, 2.24) is 15.5 Å². The lowest BCUT2D eigenvalue weighted by atomic mass is 9.93. The van der Waals surface area contributed by atoms with Crippen LogP contribution in [0.15, 0.2) is 29.3 Å². The first-order valence-corrected chi connectivity index (χ1v) is 10.1. The van der Waals surface area contributed by atoms with Crippen molar-refractivity contribution in [2.24, 2.45) is 10.9 Å². The summed E-state index contributed by atoms with van der Waals surface area (Å²) in [5.41, 5.74) is 1.20. The average Bonchev–Trinajstić information content (AvgIpc) is 2.69. The Morgan fingerprint density at radius 2 is 1.96 bits per heavy atom. The summed E-state index contributed by atoms with van der Waals surface area (Å²) in [7, 11) is 1.71. The van der Waals surface area contributed by atoms with Gasteiger partial charge in [0.1, 0.15) is 5.75 Å². The van der Waals surface area contributed by atoms with E-state index in [4.69, 9.17) is 9.73 Å². The molecule has 1 aromatic carbocycles. The summed E-state index contributed by atoms with van der Waals surface area (Å²) >= 11 is 0. The number of rotatable bonds is 8. The molecule has 1 heterocycles. The Labute approximate surface area is 186 Å². The van der Waals surface area contributed by atoms with Crippen molar-refractivity contribution < 1.29 is 9.53 Å². The lowest BCUT2D eigenvalue weighted by Gasteiger charge is -2.34. The van der Waals surface area contributed by atoms with Gasteiger partial charge in [-0.05, 0) is 50.7 Å². The average molecular weight is 502 g/mol. The fourth-order valence-electron chi connectivity index (χ4n) is 3.43. The molecule has 28 heavy (non-hydrogen) atoms. The first-order valence-electron chi connectivity index (χ1n) is 10.1. The van der Waals surface area contributed by atoms with Gasteiger partial charge in [-0.15, -0.1) is 24.0 Å². The van der Waals surface area contributed by atoms with Crippen molar-refractivity contribution in [2.45, 2.75) is 39.5 Å². The van der Waals surface area contributed by atoms with Crippen molar-refractivity contribution in [3.05, 3.63) is 29.8 Å². The minimum atomic E-state index is 0. The van der Waals surface area contributed by atoms with E-state index in [0.29, 0.717) is 18.9 Å². The zero-order chi connectivity index (χ0) is 19.5. The van der Waals surface area contributed by atoms with Crippen molar-refractivity contribution >= 4 is 35.8 Å². The molecule has 158 valence electrons. The Morgan fingerprint density at radius 1 is 1.25 bits per heavy atom. The molecule has 6 nitrogen and oxygen atoms in total. The molecule has 0 bridgehead atoms. The second kappa shape index (κ2) is 13.6. The predicted octanol–water partition coefficient (Wildman–Crippen LogP) is 3.06. The van der Waals surface area contributed by atoms with Gasteiger partial charge in [0.2, 0.25) is 5.91 Å². The van der Waals surface area contributed by atoms with Crippen LogP contribution in [0, 0.1) is 5.92 Å². The third-order valence-electron chi connectivity index (χ3n) is 4.92. The highest BCUT2D eigenvalue weighted by Crippen LogP contribution is 2.21. The number of carbonyl (C=O) groups excluding carboxylic acids is 1. The fourth-order valence-corrected chi connectivity index (χ4v) is 3.43. The summed E-state index contributed by atoms with van der Waals surface area (Å²) < 4.78 is 5.70. The molecule has 1 aromatic rings. The van der Waals surface area contributed by atoms with Gasteiger partial charge in [0.05, 0.1) is 6.61 Å². The second-order valence-electron chi connectivity index (χ2n) is 6.83. The quantitative estimate of drug-likeness (QED) is 0.326. The Balaban J connectivity index is 0.00000392. The van der Waals surface area contributed by atoms with Crippen LogP contribution in [-0.2, 0) is 11.2 Å². The molecule has 7 heteroatoms. The molecule has 0 radical (unpaired) electrons. The van der Waals surface area contributed by atoms with Gasteiger partial charge in [-0.25, -0.2) is 0 Å². The number of likely N-dealkylation sites (tertiary alicyclic amines) is 1. The molecule has 0 aliphatic carbocycles. The topological polar surface area (TPSA) is 66.0 Å². The van der Waals surface area contributed by atoms with E-state index in [1.54, 1.807) is 7.05 Å². The molecular weight excluding hydrogens is 467 g/mol. The van der Waals surface area contributed by atoms with Crippen LogP contribution < -0.4 is 15.4 Å². The number of piperidine rings is 1. The maximum absolute atomic E-state index is 11.6. The maximum atomic E-state index is 11.6. The number of nitrogens with zero attached hydrogens (tertiary/aromatic N) is 2. The number of hydrogen-bond acceptors (Lipinski definition) is 3. The Kier molecular flexibility index (Phi) is 11.9. The predicted molar refractivity (Wildman–Crippen MR) is 126 cm³/mol. The van der Waals surface area contributed by atoms with E-state index in [2.05, 4.69) is 28.5 Å². The van der Waals surface area contributed by atoms with Crippen molar-refractivity contribution in [2.75, 3.05) is 39.8 Å². The lowest BCUT2D eigenvalue weighted by Crippen LogP contribution is -2.46. The molecular formula is C21H35IN4O2. The standard InChI is InChI=1S/C21H34N4O2.HI/c1-4-23-21(25-14-11-17(12-15-25)16-20(26)22-3)24-13-10-18-8-6-7-9-19(18)27-5-2;/h6-9,17H,4-5,10-16H2,1-3H3,(H,22,26)(H,23,24);1H. The third-order valence-corrected chi connectivity index (χ3v) is 4.92. The number of para-hydroxylation sites is 1. The molecule has 1 aliphatic heterocycles. The highest BCUT2D eigenvalue weighted by molar-refractivity contribution is 14.0. The number of aliphatic imine (C=N–C) groups is 1. The van der Waals surface area contributed by atoms with Crippen LogP contribution in [0.25, 0.3) is 0 Å². The zero-order valence-corrected chi connectivity index (χ0v) is 19.7. The van der Waals surface area contributed by atoms with E-state index < -0.39 is 0 Å². The van der Waals surface area contributed by atoms with Gasteiger partial charge in [-0.2, -0.15) is 0 Å². The highest BCUT2D eigenvalue weighted by atomic mass is 127. The number of carbonyl (C=O) groups is 1. The normalized spacial score (nSPS) is 15.0. The van der Waals surface area contributed by atoms with Crippen LogP contribution in [0.5, 0.6) is 5.75 Å². The summed E-state index contributed by atoms with van der Waals surface area (Å²) in [5, 5.41) is 6.14. The summed E-state index contributed by atoms with van der Waals surface area (Å²) in [6.07, 6.45) is 3.56. The smallest absolute Gasteiger partial charge is 0.220 e. The Morgan fingerprint density at radius 3 is 2.61 bits per heavy atom. The molecule has 0 atom stereocenters. The van der Waals surface area contributed by atoms with Crippen molar-refractivity contribution in [3.63, 3.8) is 0 Å². The first kappa shape index (κ1) is 24.5. The van der Waals surface area contributed by atoms with Gasteiger partial charge in [-0.1, -0.05) is 18.2 Å². The fraction of sp³-hybridized carbons (Fsp3) is 0.619. The molecule has 1 amide bonds. The molecule has 0 saturated carbocycles. The monoisotopic (exact) mass is 502 g/mol. The zero-order valence-electron chi connectivity index (χ0n) is 17.4. The van der Waals surface area contributed by atoms with Gasteiger partial charge < -0.3 is 20.3 Å². The molecule has 0 aromatic heterocycles. The number of guanidine groups is 1. The van der Waals surface area contributed by atoms with Crippen LogP contribution in [0.4, 0.5) is 0 Å². The van der Waals surface area contributed by atoms with E-state index in [9.17, 15) is 4.79 Å². The van der Waals surface area contributed by atoms with E-state index in [1.165, 1.54) is 5.56 Å². The number of halogens is 1. The minimum absolute atomic E-state index is 0. The molecule has 2 rings (SSSR count). The van der Waals surface area contributed by atoms with Gasteiger partial charge >= 0.3 is 0 Å². The molecule has 1 aliphatic rings. The first-order chi connectivity index (χ1) is 13.2. The number of hydrogen-bond donors (Lipinski definition) is 2. The highest BCUT2D eigenvalue weighted by Gasteiger charge is 2.23. The Bertz CT molecular complexity index is 616. The maximum Gasteiger partial charge on any atom is 0.220 e. The van der Waals surface area contributed by atoms with Gasteiger partial charge in [0.15, 0.2) is 5.96 Å². The summed E-state index contributed by atoms with van der Waals surface area (Å²) in [5.74, 6) is 2.55. The molecule has 0 spiro atoms. The number of amides is 1. The molecule has 2 N–H and O–H groups in total. The van der Waals surface area contributed by atoms with E-state index in [-0.39, 0.29) is 29.9 Å². The summed E-state index contributed by atoms with van der Waals surface area (Å²) in [4.78, 5) is 18.7. The minimum Gasteiger partial charge on any atom is -0.494 e. The van der Waals surface area contributed by atoms with Crippen LogP contribution in [-0.4, -0.2) is 56.6 Å². The van der Waals surface area contributed by atoms with E-state index in [0.717, 1.165) is 57.2 Å². The van der Waals surface area contributed by atoms with Crippen LogP contribution >= 0.6 is 24.0 Å². The largest absolute Gasteiger partial charge is 0.494 e. The number of nitrogens with one attached hydrogen (secondary N) is 2. The van der Waals surface area contributed by atoms with Crippen LogP contribution in [0.3, 0.4) is 0 Å². The van der Waals surface area contributed by atoms with Gasteiger partial charge in [0, 0.05) is 39.6 Å². The molecule has 1 fully saturated rings. The van der Waals surface area contributed by atoms with Crippen LogP contribution in [0.2, 0.25) is 0 Å². The summed E-state index contributed by atoms with van der Waals surface area (Å²) in [6.45, 7) is 8.25. The molecule has 1 saturated heterocycles. The van der Waals surface area contributed by atoms with Gasteiger partial charge in [0.25, 0.3) is 0 Å². The van der Waals surface area contributed by atoms with Crippen molar-refractivity contribution in [3.8, 4) is 5.75 Å². The number of benzene rings is 1. The number of ether oxygens (including phenoxy) is 1. The van der Waals surface area contributed by atoms with E-state index >= 15 is 0 Å². The Hall–Kier alpha value is -1.51. The van der Waals surface area contributed by atoms with E-state index in [1.807, 2.05) is 25.1 Å². The lowest BCUT2D eigenvalue weighted by molar-refractivity contribution is -0.121. The summed E-state index contributed by atoms with van der Waals surface area (Å²) in [6, 6.07) is 8.18. The SMILES string of the molecule is CCNC(=NCCc1ccccc1OCC)N1CCC(CC(=O)NC)CC1.I.